The molecule has 0 aromatic carbocycles. The van der Waals surface area contributed by atoms with Crippen molar-refractivity contribution >= 4 is 21.6 Å². The standard InChI is InChI=1S/C12H21N5O3S/c1-17(10-4-7-21(18,19)9-10)12-15-11(8-14-16-12)13-5-3-6-20-2/h8,10H,3-7,9H2,1-2H3,(H,13,15,16). The molecule has 1 N–H and O–H groups in total. The van der Waals surface area contributed by atoms with Gasteiger partial charge < -0.3 is 15.0 Å². The van der Waals surface area contributed by atoms with Crippen LogP contribution in [0.4, 0.5) is 11.8 Å². The fraction of sp³-hybridized carbons (Fsp3) is 0.750. The van der Waals surface area contributed by atoms with Crippen molar-refractivity contribution in [2.45, 2.75) is 18.9 Å². The van der Waals surface area contributed by atoms with E-state index in [1.165, 1.54) is 0 Å². The first kappa shape index (κ1) is 15.9. The number of anilines is 2. The minimum absolute atomic E-state index is 0.0828. The van der Waals surface area contributed by atoms with E-state index >= 15 is 0 Å². The van der Waals surface area contributed by atoms with E-state index in [0.717, 1.165) is 13.0 Å². The highest BCUT2D eigenvalue weighted by molar-refractivity contribution is 7.91. The van der Waals surface area contributed by atoms with Crippen molar-refractivity contribution in [3.63, 3.8) is 0 Å². The lowest BCUT2D eigenvalue weighted by Crippen LogP contribution is -2.34. The zero-order valence-electron chi connectivity index (χ0n) is 12.3. The quantitative estimate of drug-likeness (QED) is 0.699. The van der Waals surface area contributed by atoms with Gasteiger partial charge in [0.1, 0.15) is 0 Å². The monoisotopic (exact) mass is 315 g/mol. The van der Waals surface area contributed by atoms with Crippen molar-refractivity contribution in [3.05, 3.63) is 6.20 Å². The highest BCUT2D eigenvalue weighted by Gasteiger charge is 2.31. The Kier molecular flexibility index (Phi) is 5.29. The van der Waals surface area contributed by atoms with Crippen molar-refractivity contribution < 1.29 is 13.2 Å². The molecule has 0 bridgehead atoms. The molecule has 118 valence electrons. The smallest absolute Gasteiger partial charge is 0.247 e. The molecule has 9 heteroatoms. The molecule has 2 heterocycles. The number of methoxy groups -OCH3 is 1. The molecule has 0 amide bonds. The second-order valence-corrected chi connectivity index (χ2v) is 7.31. The number of nitrogens with zero attached hydrogens (tertiary/aromatic N) is 4. The molecule has 2 rings (SSSR count). The van der Waals surface area contributed by atoms with Gasteiger partial charge in [0.25, 0.3) is 0 Å². The molecule has 1 aliphatic rings. The molecule has 0 saturated carbocycles. The largest absolute Gasteiger partial charge is 0.385 e. The van der Waals surface area contributed by atoms with Crippen LogP contribution < -0.4 is 10.2 Å². The lowest BCUT2D eigenvalue weighted by molar-refractivity contribution is 0.197. The van der Waals surface area contributed by atoms with Crippen molar-refractivity contribution in [2.24, 2.45) is 0 Å². The van der Waals surface area contributed by atoms with Crippen molar-refractivity contribution in [2.75, 3.05) is 49.0 Å². The van der Waals surface area contributed by atoms with Gasteiger partial charge in [0, 0.05) is 33.4 Å². The third-order valence-electron chi connectivity index (χ3n) is 3.45. The molecule has 1 aliphatic heterocycles. The zero-order valence-corrected chi connectivity index (χ0v) is 13.1. The van der Waals surface area contributed by atoms with Crippen LogP contribution in [0.5, 0.6) is 0 Å². The summed E-state index contributed by atoms with van der Waals surface area (Å²) in [6.07, 6.45) is 3.02. The molecule has 8 nitrogen and oxygen atoms in total. The normalized spacial score (nSPS) is 20.4. The molecular formula is C12H21N5O3S. The number of hydrogen-bond acceptors (Lipinski definition) is 8. The maximum atomic E-state index is 11.5. The Morgan fingerprint density at radius 1 is 1.52 bits per heavy atom. The Labute approximate surface area is 124 Å². The first-order chi connectivity index (χ1) is 10.0. The molecule has 1 fully saturated rings. The first-order valence-corrected chi connectivity index (χ1v) is 8.70. The number of sulfone groups is 1. The summed E-state index contributed by atoms with van der Waals surface area (Å²) >= 11 is 0. The number of hydrogen-bond donors (Lipinski definition) is 1. The molecule has 0 spiro atoms. The second kappa shape index (κ2) is 6.99. The van der Waals surface area contributed by atoms with Crippen molar-refractivity contribution in [3.8, 4) is 0 Å². The Bertz CT molecular complexity index is 566. The number of ether oxygens (including phenoxy) is 1. The Hall–Kier alpha value is -1.48. The molecule has 0 aliphatic carbocycles. The third-order valence-corrected chi connectivity index (χ3v) is 5.20. The molecule has 1 unspecified atom stereocenters. The van der Waals surface area contributed by atoms with E-state index in [-0.39, 0.29) is 17.5 Å². The lowest BCUT2D eigenvalue weighted by Gasteiger charge is -2.22. The minimum atomic E-state index is -2.93. The van der Waals surface area contributed by atoms with Crippen LogP contribution in [0.15, 0.2) is 6.20 Å². The van der Waals surface area contributed by atoms with Crippen LogP contribution in [0, 0.1) is 0 Å². The van der Waals surface area contributed by atoms with Gasteiger partial charge in [-0.15, -0.1) is 5.10 Å². The summed E-state index contributed by atoms with van der Waals surface area (Å²) in [7, 11) is 0.538. The summed E-state index contributed by atoms with van der Waals surface area (Å²) in [5.41, 5.74) is 0. The molecular weight excluding hydrogens is 294 g/mol. The fourth-order valence-electron chi connectivity index (χ4n) is 2.21. The number of aromatic nitrogens is 3. The summed E-state index contributed by atoms with van der Waals surface area (Å²) < 4.78 is 28.1. The van der Waals surface area contributed by atoms with E-state index in [2.05, 4.69) is 20.5 Å². The van der Waals surface area contributed by atoms with E-state index in [1.807, 2.05) is 0 Å². The summed E-state index contributed by atoms with van der Waals surface area (Å²) in [5, 5.41) is 11.0. The Morgan fingerprint density at radius 2 is 2.33 bits per heavy atom. The van der Waals surface area contributed by atoms with Crippen LogP contribution in [0.2, 0.25) is 0 Å². The molecule has 1 atom stereocenters. The molecule has 0 radical (unpaired) electrons. The van der Waals surface area contributed by atoms with Crippen molar-refractivity contribution in [1.29, 1.82) is 0 Å². The van der Waals surface area contributed by atoms with Crippen LogP contribution in [0.3, 0.4) is 0 Å². The topological polar surface area (TPSA) is 97.3 Å². The Balaban J connectivity index is 1.96. The SMILES string of the molecule is COCCCNc1cnnc(N(C)C2CCS(=O)(=O)C2)n1. The average molecular weight is 315 g/mol. The van der Waals surface area contributed by atoms with Crippen molar-refractivity contribution in [1.82, 2.24) is 15.2 Å². The Morgan fingerprint density at radius 3 is 3.00 bits per heavy atom. The lowest BCUT2D eigenvalue weighted by atomic mass is 10.2. The first-order valence-electron chi connectivity index (χ1n) is 6.87. The van der Waals surface area contributed by atoms with Crippen LogP contribution >= 0.6 is 0 Å². The van der Waals surface area contributed by atoms with Gasteiger partial charge >= 0.3 is 0 Å². The maximum Gasteiger partial charge on any atom is 0.247 e. The average Bonchev–Trinajstić information content (AvgIpc) is 2.83. The van der Waals surface area contributed by atoms with Gasteiger partial charge in [-0.3, -0.25) is 0 Å². The summed E-state index contributed by atoms with van der Waals surface area (Å²) in [5.74, 6) is 1.44. The number of rotatable bonds is 7. The highest BCUT2D eigenvalue weighted by atomic mass is 32.2. The third kappa shape index (κ3) is 4.50. The van der Waals surface area contributed by atoms with Gasteiger partial charge in [-0.05, 0) is 12.8 Å². The zero-order chi connectivity index (χ0) is 15.3. The van der Waals surface area contributed by atoms with Crippen LogP contribution in [0.25, 0.3) is 0 Å². The fourth-order valence-corrected chi connectivity index (χ4v) is 3.98. The molecule has 1 aromatic heterocycles. The van der Waals surface area contributed by atoms with E-state index < -0.39 is 9.84 Å². The molecule has 1 saturated heterocycles. The van der Waals surface area contributed by atoms with E-state index in [9.17, 15) is 8.42 Å². The van der Waals surface area contributed by atoms with E-state index in [0.29, 0.717) is 24.8 Å². The second-order valence-electron chi connectivity index (χ2n) is 5.08. The van der Waals surface area contributed by atoms with Crippen LogP contribution in [-0.2, 0) is 14.6 Å². The van der Waals surface area contributed by atoms with Gasteiger partial charge in [0.05, 0.1) is 17.7 Å². The van der Waals surface area contributed by atoms with Gasteiger partial charge in [-0.2, -0.15) is 10.1 Å². The summed E-state index contributed by atoms with van der Waals surface area (Å²) in [4.78, 5) is 6.16. The van der Waals surface area contributed by atoms with Gasteiger partial charge in [0.15, 0.2) is 15.7 Å². The maximum absolute atomic E-state index is 11.5. The molecule has 1 aromatic rings. The van der Waals surface area contributed by atoms with Gasteiger partial charge in [0.2, 0.25) is 5.95 Å². The van der Waals surface area contributed by atoms with Gasteiger partial charge in [-0.1, -0.05) is 0 Å². The molecule has 21 heavy (non-hydrogen) atoms. The summed E-state index contributed by atoms with van der Waals surface area (Å²) in [6.45, 7) is 1.41. The van der Waals surface area contributed by atoms with E-state index in [1.54, 1.807) is 25.3 Å². The van der Waals surface area contributed by atoms with Crippen LogP contribution in [0.1, 0.15) is 12.8 Å². The highest BCUT2D eigenvalue weighted by Crippen LogP contribution is 2.20. The summed E-state index contributed by atoms with van der Waals surface area (Å²) in [6, 6.07) is -0.0828. The van der Waals surface area contributed by atoms with Gasteiger partial charge in [-0.25, -0.2) is 8.42 Å². The van der Waals surface area contributed by atoms with Crippen LogP contribution in [-0.4, -0.2) is 68.5 Å². The number of nitrogens with one attached hydrogen (secondary N) is 1. The predicted molar refractivity (Wildman–Crippen MR) is 80.3 cm³/mol. The van der Waals surface area contributed by atoms with E-state index in [4.69, 9.17) is 4.74 Å². The predicted octanol–water partition coefficient (Wildman–Crippen LogP) is -0.0567. The minimum Gasteiger partial charge on any atom is -0.385 e.